The molecule has 20 heavy (non-hydrogen) atoms. The Kier molecular flexibility index (Phi) is 6.23. The Morgan fingerprint density at radius 1 is 1.45 bits per heavy atom. The minimum Gasteiger partial charge on any atom is -0.444 e. The number of ether oxygens (including phenoxy) is 1. The number of aliphatic hydroxyl groups excluding tert-OH is 2. The van der Waals surface area contributed by atoms with Gasteiger partial charge in [-0.15, -0.1) is 0 Å². The van der Waals surface area contributed by atoms with Crippen LogP contribution >= 0.6 is 0 Å². The van der Waals surface area contributed by atoms with E-state index in [0.29, 0.717) is 6.42 Å². The summed E-state index contributed by atoms with van der Waals surface area (Å²) in [6, 6.07) is 0. The molecule has 0 aromatic rings. The number of primary amides is 1. The predicted molar refractivity (Wildman–Crippen MR) is 76.3 cm³/mol. The van der Waals surface area contributed by atoms with E-state index in [2.05, 4.69) is 5.32 Å². The molecule has 1 aliphatic carbocycles. The number of aliphatic hydroxyl groups is 2. The number of carbonyl (C=O) groups excluding carboxylic acids is 1. The second-order valence-corrected chi connectivity index (χ2v) is 6.38. The number of amides is 1. The number of rotatable bonds is 7. The summed E-state index contributed by atoms with van der Waals surface area (Å²) in [5.74, 6) is 0. The molecule has 1 aliphatic rings. The molecule has 5 N–H and O–H groups in total. The topological polar surface area (TPSA) is 105 Å². The highest BCUT2D eigenvalue weighted by atomic mass is 16.6. The van der Waals surface area contributed by atoms with Gasteiger partial charge in [0, 0.05) is 5.54 Å². The van der Waals surface area contributed by atoms with Crippen LogP contribution in [0.2, 0.25) is 0 Å². The highest BCUT2D eigenvalue weighted by Crippen LogP contribution is 2.28. The molecule has 0 atom stereocenters. The van der Waals surface area contributed by atoms with Crippen LogP contribution in [0.1, 0.15) is 52.4 Å². The van der Waals surface area contributed by atoms with Gasteiger partial charge in [-0.3, -0.25) is 0 Å². The normalized spacial score (nSPS) is 27.3. The van der Waals surface area contributed by atoms with E-state index in [4.69, 9.17) is 10.5 Å². The zero-order valence-electron chi connectivity index (χ0n) is 12.5. The quantitative estimate of drug-likeness (QED) is 0.521. The van der Waals surface area contributed by atoms with Crippen molar-refractivity contribution in [2.45, 2.75) is 69.6 Å². The standard InChI is InChI=1S/C14H28N2O4/c1-13(2,20-12(15)19)6-3-9-16-14(10-17)7-4-11(18)5-8-14/h11,16-18H,3-10H2,1-2H3,(H2,15,19). The number of nitrogens with two attached hydrogens (primary N) is 1. The molecule has 0 aromatic heterocycles. The predicted octanol–water partition coefficient (Wildman–Crippen LogP) is 0.896. The first-order valence-electron chi connectivity index (χ1n) is 7.31. The van der Waals surface area contributed by atoms with Crippen LogP contribution in [0.5, 0.6) is 0 Å². The lowest BCUT2D eigenvalue weighted by molar-refractivity contribution is 0.0337. The SMILES string of the molecule is CC(C)(CCCNC1(CO)CCC(O)CC1)OC(N)=O. The summed E-state index contributed by atoms with van der Waals surface area (Å²) < 4.78 is 5.02. The molecular weight excluding hydrogens is 260 g/mol. The van der Waals surface area contributed by atoms with E-state index in [-0.39, 0.29) is 18.2 Å². The summed E-state index contributed by atoms with van der Waals surface area (Å²) in [6.07, 6.45) is 3.55. The van der Waals surface area contributed by atoms with Gasteiger partial charge in [-0.2, -0.15) is 0 Å². The molecule has 0 saturated heterocycles. The first-order valence-corrected chi connectivity index (χ1v) is 7.31. The molecule has 0 unspecified atom stereocenters. The Balaban J connectivity index is 2.30. The second-order valence-electron chi connectivity index (χ2n) is 6.38. The van der Waals surface area contributed by atoms with Gasteiger partial charge in [0.15, 0.2) is 0 Å². The minimum atomic E-state index is -0.754. The van der Waals surface area contributed by atoms with Crippen LogP contribution in [0, 0.1) is 0 Å². The number of nitrogens with one attached hydrogen (secondary N) is 1. The molecule has 1 fully saturated rings. The van der Waals surface area contributed by atoms with Gasteiger partial charge < -0.3 is 26.0 Å². The van der Waals surface area contributed by atoms with Crippen molar-refractivity contribution in [3.05, 3.63) is 0 Å². The smallest absolute Gasteiger partial charge is 0.405 e. The van der Waals surface area contributed by atoms with Crippen molar-refractivity contribution < 1.29 is 19.7 Å². The third-order valence-corrected chi connectivity index (χ3v) is 4.05. The van der Waals surface area contributed by atoms with E-state index in [9.17, 15) is 15.0 Å². The van der Waals surface area contributed by atoms with E-state index in [1.807, 2.05) is 13.8 Å². The fourth-order valence-electron chi connectivity index (χ4n) is 2.74. The van der Waals surface area contributed by atoms with Crippen molar-refractivity contribution in [1.82, 2.24) is 5.32 Å². The molecule has 0 spiro atoms. The molecule has 1 rings (SSSR count). The zero-order valence-corrected chi connectivity index (χ0v) is 12.5. The zero-order chi connectivity index (χ0) is 15.2. The summed E-state index contributed by atoms with van der Waals surface area (Å²) in [5, 5.41) is 22.5. The molecule has 1 amide bonds. The summed E-state index contributed by atoms with van der Waals surface area (Å²) >= 11 is 0. The molecule has 6 heteroatoms. The van der Waals surface area contributed by atoms with E-state index in [1.54, 1.807) is 0 Å². The van der Waals surface area contributed by atoms with Crippen LogP contribution < -0.4 is 11.1 Å². The highest BCUT2D eigenvalue weighted by Gasteiger charge is 2.33. The van der Waals surface area contributed by atoms with E-state index in [1.165, 1.54) is 0 Å². The van der Waals surface area contributed by atoms with Gasteiger partial charge in [-0.25, -0.2) is 4.79 Å². The largest absolute Gasteiger partial charge is 0.444 e. The first-order chi connectivity index (χ1) is 9.29. The summed E-state index contributed by atoms with van der Waals surface area (Å²) in [4.78, 5) is 10.8. The first kappa shape index (κ1) is 17.2. The molecule has 0 radical (unpaired) electrons. The van der Waals surface area contributed by atoms with Gasteiger partial charge in [0.05, 0.1) is 12.7 Å². The van der Waals surface area contributed by atoms with Crippen LogP contribution in [0.15, 0.2) is 0 Å². The Labute approximate surface area is 120 Å². The average Bonchev–Trinajstić information content (AvgIpc) is 2.36. The molecule has 0 heterocycles. The Bertz CT molecular complexity index is 312. The van der Waals surface area contributed by atoms with Crippen LogP contribution in [0.4, 0.5) is 4.79 Å². The Hall–Kier alpha value is -0.850. The van der Waals surface area contributed by atoms with Crippen molar-refractivity contribution in [1.29, 1.82) is 0 Å². The van der Waals surface area contributed by atoms with Crippen LogP contribution in [-0.2, 0) is 4.74 Å². The third-order valence-electron chi connectivity index (χ3n) is 4.05. The lowest BCUT2D eigenvalue weighted by atomic mass is 9.81. The maximum atomic E-state index is 10.8. The molecule has 118 valence electrons. The number of carbonyl (C=O) groups is 1. The highest BCUT2D eigenvalue weighted by molar-refractivity contribution is 5.65. The summed E-state index contributed by atoms with van der Waals surface area (Å²) in [6.45, 7) is 4.48. The van der Waals surface area contributed by atoms with Gasteiger partial charge in [-0.05, 0) is 58.9 Å². The molecular formula is C14H28N2O4. The monoisotopic (exact) mass is 288 g/mol. The molecule has 1 saturated carbocycles. The third kappa shape index (κ3) is 5.64. The van der Waals surface area contributed by atoms with Crippen LogP contribution in [0.3, 0.4) is 0 Å². The summed E-state index contributed by atoms with van der Waals surface area (Å²) in [5.41, 5.74) is 4.19. The van der Waals surface area contributed by atoms with Gasteiger partial charge >= 0.3 is 6.09 Å². The van der Waals surface area contributed by atoms with E-state index in [0.717, 1.165) is 38.6 Å². The molecule has 0 aliphatic heterocycles. The maximum Gasteiger partial charge on any atom is 0.405 e. The second kappa shape index (κ2) is 7.24. The maximum absolute atomic E-state index is 10.8. The Morgan fingerprint density at radius 2 is 2.05 bits per heavy atom. The number of hydrogen-bond acceptors (Lipinski definition) is 5. The lowest BCUT2D eigenvalue weighted by Crippen LogP contribution is -2.52. The van der Waals surface area contributed by atoms with Gasteiger partial charge in [0.25, 0.3) is 0 Å². The number of hydrogen-bond donors (Lipinski definition) is 4. The van der Waals surface area contributed by atoms with E-state index < -0.39 is 11.7 Å². The minimum absolute atomic E-state index is 0.0842. The van der Waals surface area contributed by atoms with Crippen molar-refractivity contribution >= 4 is 6.09 Å². The van der Waals surface area contributed by atoms with Gasteiger partial charge in [0.2, 0.25) is 0 Å². The fourth-order valence-corrected chi connectivity index (χ4v) is 2.74. The van der Waals surface area contributed by atoms with Crippen molar-refractivity contribution in [3.8, 4) is 0 Å². The van der Waals surface area contributed by atoms with Gasteiger partial charge in [0.1, 0.15) is 5.60 Å². The molecule has 0 bridgehead atoms. The Morgan fingerprint density at radius 3 is 2.55 bits per heavy atom. The summed E-state index contributed by atoms with van der Waals surface area (Å²) in [7, 11) is 0. The van der Waals surface area contributed by atoms with Crippen LogP contribution in [0.25, 0.3) is 0 Å². The molecule has 0 aromatic carbocycles. The van der Waals surface area contributed by atoms with E-state index >= 15 is 0 Å². The van der Waals surface area contributed by atoms with Gasteiger partial charge in [-0.1, -0.05) is 0 Å². The average molecular weight is 288 g/mol. The molecule has 6 nitrogen and oxygen atoms in total. The van der Waals surface area contributed by atoms with Crippen molar-refractivity contribution in [2.75, 3.05) is 13.2 Å². The fraction of sp³-hybridized carbons (Fsp3) is 0.929. The van der Waals surface area contributed by atoms with Crippen molar-refractivity contribution in [3.63, 3.8) is 0 Å². The van der Waals surface area contributed by atoms with Crippen LogP contribution in [-0.4, -0.2) is 46.7 Å². The lowest BCUT2D eigenvalue weighted by Gasteiger charge is -2.38. The van der Waals surface area contributed by atoms with Crippen molar-refractivity contribution in [2.24, 2.45) is 5.73 Å².